The van der Waals surface area contributed by atoms with E-state index in [1.54, 1.807) is 24.7 Å². The number of hydrogen-bond donors (Lipinski definition) is 0. The van der Waals surface area contributed by atoms with Crippen molar-refractivity contribution in [2.24, 2.45) is 0 Å². The van der Waals surface area contributed by atoms with Crippen molar-refractivity contribution in [2.75, 3.05) is 11.4 Å². The maximum Gasteiger partial charge on any atom is 0.197 e. The predicted octanol–water partition coefficient (Wildman–Crippen LogP) is 3.34. The molecule has 3 aromatic rings. The van der Waals surface area contributed by atoms with E-state index in [1.807, 2.05) is 11.8 Å². The minimum absolute atomic E-state index is 0.0873. The largest absolute Gasteiger partial charge is 0.364 e. The first-order valence-corrected chi connectivity index (χ1v) is 7.98. The molecule has 3 heterocycles. The van der Waals surface area contributed by atoms with E-state index >= 15 is 0 Å². The van der Waals surface area contributed by atoms with Gasteiger partial charge in [-0.2, -0.15) is 0 Å². The molecule has 25 heavy (non-hydrogen) atoms. The molecule has 1 atom stereocenters. The molecule has 2 aromatic heterocycles. The second-order valence-corrected chi connectivity index (χ2v) is 5.92. The van der Waals surface area contributed by atoms with E-state index in [2.05, 4.69) is 19.9 Å². The van der Waals surface area contributed by atoms with Gasteiger partial charge in [0.1, 0.15) is 11.6 Å². The Balaban J connectivity index is 1.68. The molecule has 0 bridgehead atoms. The number of hydrogen-bond acceptors (Lipinski definition) is 5. The lowest BCUT2D eigenvalue weighted by atomic mass is 9.98. The van der Waals surface area contributed by atoms with Crippen LogP contribution in [0.4, 0.5) is 14.5 Å². The van der Waals surface area contributed by atoms with Crippen LogP contribution in [0.15, 0.2) is 42.9 Å². The lowest BCUT2D eigenvalue weighted by molar-refractivity contribution is 0.570. The highest BCUT2D eigenvalue weighted by Crippen LogP contribution is 2.33. The zero-order valence-electron chi connectivity index (χ0n) is 13.5. The first-order chi connectivity index (χ1) is 12.1. The highest BCUT2D eigenvalue weighted by atomic mass is 19.1. The van der Waals surface area contributed by atoms with Crippen molar-refractivity contribution < 1.29 is 8.78 Å². The van der Waals surface area contributed by atoms with Crippen molar-refractivity contribution in [1.82, 2.24) is 19.9 Å². The van der Waals surface area contributed by atoms with Gasteiger partial charge in [-0.3, -0.25) is 0 Å². The number of aromatic nitrogens is 4. The van der Waals surface area contributed by atoms with Gasteiger partial charge in [-0.25, -0.2) is 28.7 Å². The molecule has 0 amide bonds. The third-order valence-electron chi connectivity index (χ3n) is 4.35. The fraction of sp³-hybridized carbons (Fsp3) is 0.222. The normalized spacial score (nSPS) is 16.6. The average Bonchev–Trinajstić information content (AvgIpc) is 2.61. The topological polar surface area (TPSA) is 54.8 Å². The van der Waals surface area contributed by atoms with Crippen molar-refractivity contribution in [2.45, 2.75) is 19.4 Å². The Labute approximate surface area is 143 Å². The molecule has 0 radical (unpaired) electrons. The van der Waals surface area contributed by atoms with E-state index in [9.17, 15) is 8.78 Å². The van der Waals surface area contributed by atoms with Gasteiger partial charge in [0.2, 0.25) is 0 Å². The Morgan fingerprint density at radius 3 is 2.44 bits per heavy atom. The summed E-state index contributed by atoms with van der Waals surface area (Å²) in [4.78, 5) is 19.2. The highest BCUT2D eigenvalue weighted by molar-refractivity contribution is 5.52. The first kappa shape index (κ1) is 15.6. The fourth-order valence-corrected chi connectivity index (χ4v) is 3.14. The summed E-state index contributed by atoms with van der Waals surface area (Å²) >= 11 is 0. The van der Waals surface area contributed by atoms with Gasteiger partial charge in [-0.1, -0.05) is 0 Å². The van der Waals surface area contributed by atoms with Crippen molar-refractivity contribution in [1.29, 1.82) is 0 Å². The first-order valence-electron chi connectivity index (χ1n) is 7.98. The Morgan fingerprint density at radius 1 is 1.00 bits per heavy atom. The van der Waals surface area contributed by atoms with Crippen LogP contribution in [0.3, 0.4) is 0 Å². The van der Waals surface area contributed by atoms with Crippen LogP contribution in [0, 0.1) is 11.6 Å². The van der Waals surface area contributed by atoms with Crippen molar-refractivity contribution >= 4 is 5.69 Å². The van der Waals surface area contributed by atoms with Crippen LogP contribution in [-0.4, -0.2) is 26.5 Å². The summed E-state index contributed by atoms with van der Waals surface area (Å²) in [5.41, 5.74) is 2.37. The number of benzene rings is 1. The summed E-state index contributed by atoms with van der Waals surface area (Å²) in [6.45, 7) is 2.59. The number of fused-ring (bicyclic) bond motifs is 1. The van der Waals surface area contributed by atoms with E-state index < -0.39 is 11.6 Å². The molecule has 1 aliphatic heterocycles. The van der Waals surface area contributed by atoms with Gasteiger partial charge < -0.3 is 4.90 Å². The molecule has 0 saturated carbocycles. The monoisotopic (exact) mass is 339 g/mol. The van der Waals surface area contributed by atoms with Crippen LogP contribution in [0.25, 0.3) is 11.6 Å². The van der Waals surface area contributed by atoms with Crippen LogP contribution in [0.1, 0.15) is 24.2 Å². The Hall–Kier alpha value is -2.96. The summed E-state index contributed by atoms with van der Waals surface area (Å²) in [5, 5.41) is 0. The summed E-state index contributed by atoms with van der Waals surface area (Å²) < 4.78 is 27.1. The van der Waals surface area contributed by atoms with E-state index in [0.29, 0.717) is 30.3 Å². The van der Waals surface area contributed by atoms with Crippen molar-refractivity contribution in [3.05, 3.63) is 65.7 Å². The van der Waals surface area contributed by atoms with Gasteiger partial charge in [0.05, 0.1) is 11.7 Å². The van der Waals surface area contributed by atoms with E-state index in [0.717, 1.165) is 17.3 Å². The van der Waals surface area contributed by atoms with E-state index in [4.69, 9.17) is 0 Å². The summed E-state index contributed by atoms with van der Waals surface area (Å²) in [7, 11) is 0. The molecule has 0 N–H and O–H groups in total. The minimum atomic E-state index is -0.583. The number of nitrogens with zero attached hydrogens (tertiary/aromatic N) is 5. The maximum absolute atomic E-state index is 13.5. The quantitative estimate of drug-likeness (QED) is 0.717. The molecule has 5 nitrogen and oxygen atoms in total. The third kappa shape index (κ3) is 2.93. The fourth-order valence-electron chi connectivity index (χ4n) is 3.14. The van der Waals surface area contributed by atoms with Crippen LogP contribution in [0.5, 0.6) is 0 Å². The highest BCUT2D eigenvalue weighted by Gasteiger charge is 2.27. The molecular weight excluding hydrogens is 324 g/mol. The molecular formula is C18H15F2N5. The number of rotatable bonds is 2. The molecule has 1 unspecified atom stereocenters. The molecule has 7 heteroatoms. The maximum atomic E-state index is 13.5. The van der Waals surface area contributed by atoms with Crippen LogP contribution in [0.2, 0.25) is 0 Å². The summed E-state index contributed by atoms with van der Waals surface area (Å²) in [6.07, 6.45) is 5.70. The third-order valence-corrected chi connectivity index (χ3v) is 4.35. The van der Waals surface area contributed by atoms with Gasteiger partial charge in [0, 0.05) is 48.9 Å². The lowest BCUT2D eigenvalue weighted by Crippen LogP contribution is -2.34. The van der Waals surface area contributed by atoms with Crippen LogP contribution >= 0.6 is 0 Å². The van der Waals surface area contributed by atoms with Gasteiger partial charge in [0.15, 0.2) is 11.6 Å². The molecule has 1 aliphatic rings. The summed E-state index contributed by atoms with van der Waals surface area (Å²) in [6, 6.07) is 5.21. The standard InChI is InChI=1S/C18H15F2N5/c1-11-15-10-23-18(17-21-4-2-5-22-17)24-16(15)3-6-25(11)14-8-12(19)7-13(20)9-14/h2,4-5,7-11H,3,6H2,1H3. The second kappa shape index (κ2) is 6.16. The number of halogens is 2. The molecule has 1 aromatic carbocycles. The van der Waals surface area contributed by atoms with Gasteiger partial charge in [0.25, 0.3) is 0 Å². The van der Waals surface area contributed by atoms with E-state index in [-0.39, 0.29) is 6.04 Å². The van der Waals surface area contributed by atoms with Crippen molar-refractivity contribution in [3.63, 3.8) is 0 Å². The Morgan fingerprint density at radius 2 is 1.72 bits per heavy atom. The van der Waals surface area contributed by atoms with Gasteiger partial charge >= 0.3 is 0 Å². The molecule has 0 aliphatic carbocycles. The molecule has 4 rings (SSSR count). The van der Waals surface area contributed by atoms with Gasteiger partial charge in [-0.15, -0.1) is 0 Å². The zero-order chi connectivity index (χ0) is 17.4. The van der Waals surface area contributed by atoms with Crippen molar-refractivity contribution in [3.8, 4) is 11.6 Å². The molecule has 0 spiro atoms. The Kier molecular flexibility index (Phi) is 3.83. The predicted molar refractivity (Wildman–Crippen MR) is 88.9 cm³/mol. The zero-order valence-corrected chi connectivity index (χ0v) is 13.5. The molecule has 0 saturated heterocycles. The average molecular weight is 339 g/mol. The smallest absolute Gasteiger partial charge is 0.197 e. The second-order valence-electron chi connectivity index (χ2n) is 5.92. The molecule has 126 valence electrons. The van der Waals surface area contributed by atoms with Crippen LogP contribution in [-0.2, 0) is 6.42 Å². The van der Waals surface area contributed by atoms with Gasteiger partial charge in [-0.05, 0) is 25.1 Å². The number of anilines is 1. The van der Waals surface area contributed by atoms with Crippen LogP contribution < -0.4 is 4.90 Å². The summed E-state index contributed by atoms with van der Waals surface area (Å²) in [5.74, 6) is -0.203. The Bertz CT molecular complexity index is 896. The molecule has 0 fully saturated rings. The van der Waals surface area contributed by atoms with E-state index in [1.165, 1.54) is 12.1 Å². The minimum Gasteiger partial charge on any atom is -0.364 e. The lowest BCUT2D eigenvalue weighted by Gasteiger charge is -2.36. The SMILES string of the molecule is CC1c2cnc(-c3ncccn3)nc2CCN1c1cc(F)cc(F)c1.